The van der Waals surface area contributed by atoms with Crippen molar-refractivity contribution in [3.8, 4) is 11.5 Å². The molecular formula is C19H23N3O4. The molecule has 1 amide bonds. The van der Waals surface area contributed by atoms with Crippen molar-refractivity contribution in [2.45, 2.75) is 39.2 Å². The van der Waals surface area contributed by atoms with E-state index in [0.717, 1.165) is 36.9 Å². The van der Waals surface area contributed by atoms with E-state index in [0.29, 0.717) is 23.0 Å². The highest BCUT2D eigenvalue weighted by atomic mass is 16.5. The van der Waals surface area contributed by atoms with E-state index in [1.165, 1.54) is 4.57 Å². The van der Waals surface area contributed by atoms with Gasteiger partial charge in [0.2, 0.25) is 5.91 Å². The molecule has 2 aromatic rings. The third-order valence-electron chi connectivity index (χ3n) is 4.57. The molecule has 0 unspecified atom stereocenters. The van der Waals surface area contributed by atoms with Crippen molar-refractivity contribution in [2.24, 2.45) is 0 Å². The lowest BCUT2D eigenvalue weighted by Crippen LogP contribution is -2.34. The number of carbonyl (C=O) groups is 1. The average molecular weight is 357 g/mol. The van der Waals surface area contributed by atoms with Crippen molar-refractivity contribution in [3.05, 3.63) is 45.6 Å². The third kappa shape index (κ3) is 3.71. The van der Waals surface area contributed by atoms with Crippen LogP contribution >= 0.6 is 0 Å². The van der Waals surface area contributed by atoms with Gasteiger partial charge in [0.25, 0.3) is 5.56 Å². The molecule has 0 spiro atoms. The number of hydrogen-bond donors (Lipinski definition) is 1. The number of hydrogen-bond acceptors (Lipinski definition) is 5. The van der Waals surface area contributed by atoms with Gasteiger partial charge in [-0.1, -0.05) is 0 Å². The fourth-order valence-corrected chi connectivity index (χ4v) is 3.22. The van der Waals surface area contributed by atoms with Crippen molar-refractivity contribution in [2.75, 3.05) is 19.5 Å². The van der Waals surface area contributed by atoms with Gasteiger partial charge in [0.1, 0.15) is 23.9 Å². The summed E-state index contributed by atoms with van der Waals surface area (Å²) in [6.45, 7) is 1.68. The van der Waals surface area contributed by atoms with Crippen LogP contribution in [-0.4, -0.2) is 29.7 Å². The predicted molar refractivity (Wildman–Crippen MR) is 98.1 cm³/mol. The number of ether oxygens (including phenoxy) is 2. The number of anilines is 1. The van der Waals surface area contributed by atoms with Gasteiger partial charge in [0.05, 0.1) is 19.9 Å². The summed E-state index contributed by atoms with van der Waals surface area (Å²) in [6.07, 6.45) is 3.61. The molecular weight excluding hydrogens is 334 g/mol. The van der Waals surface area contributed by atoms with Crippen LogP contribution in [0, 0.1) is 6.92 Å². The summed E-state index contributed by atoms with van der Waals surface area (Å²) >= 11 is 0. The number of methoxy groups -OCH3 is 2. The second-order valence-electron chi connectivity index (χ2n) is 6.33. The molecule has 1 N–H and O–H groups in total. The molecule has 0 fully saturated rings. The minimum Gasteiger partial charge on any atom is -0.497 e. The van der Waals surface area contributed by atoms with Crippen LogP contribution in [0.4, 0.5) is 5.69 Å². The number of carbonyl (C=O) groups excluding carboxylic acids is 1. The number of amides is 1. The highest BCUT2D eigenvalue weighted by Crippen LogP contribution is 2.25. The maximum absolute atomic E-state index is 12.7. The Hall–Kier alpha value is -2.83. The maximum Gasteiger partial charge on any atom is 0.257 e. The summed E-state index contributed by atoms with van der Waals surface area (Å²) in [5, 5.41) is 2.79. The largest absolute Gasteiger partial charge is 0.497 e. The van der Waals surface area contributed by atoms with Crippen LogP contribution in [0.25, 0.3) is 0 Å². The van der Waals surface area contributed by atoms with Gasteiger partial charge in [-0.05, 0) is 32.6 Å². The molecule has 1 aliphatic rings. The third-order valence-corrected chi connectivity index (χ3v) is 4.57. The van der Waals surface area contributed by atoms with Crippen molar-refractivity contribution < 1.29 is 14.3 Å². The van der Waals surface area contributed by atoms with Gasteiger partial charge in [-0.2, -0.15) is 0 Å². The zero-order valence-corrected chi connectivity index (χ0v) is 15.3. The van der Waals surface area contributed by atoms with Gasteiger partial charge in [-0.25, -0.2) is 4.98 Å². The number of nitrogens with zero attached hydrogens (tertiary/aromatic N) is 2. The molecule has 0 atom stereocenters. The van der Waals surface area contributed by atoms with Gasteiger partial charge >= 0.3 is 0 Å². The molecule has 7 nitrogen and oxygen atoms in total. The molecule has 0 bridgehead atoms. The summed E-state index contributed by atoms with van der Waals surface area (Å²) in [7, 11) is 3.09. The van der Waals surface area contributed by atoms with Crippen LogP contribution in [0.5, 0.6) is 11.5 Å². The first kappa shape index (κ1) is 18.0. The monoisotopic (exact) mass is 357 g/mol. The first-order valence-electron chi connectivity index (χ1n) is 8.64. The molecule has 0 radical (unpaired) electrons. The molecule has 1 aliphatic carbocycles. The van der Waals surface area contributed by atoms with E-state index in [-0.39, 0.29) is 18.0 Å². The lowest BCUT2D eigenvalue weighted by molar-refractivity contribution is -0.116. The minimum absolute atomic E-state index is 0.0789. The fraction of sp³-hybridized carbons (Fsp3) is 0.421. The number of nitrogens with one attached hydrogen (secondary N) is 1. The van der Waals surface area contributed by atoms with E-state index in [1.54, 1.807) is 39.3 Å². The molecule has 138 valence electrons. The van der Waals surface area contributed by atoms with E-state index in [2.05, 4.69) is 10.3 Å². The summed E-state index contributed by atoms with van der Waals surface area (Å²) in [5.74, 6) is 1.41. The second-order valence-corrected chi connectivity index (χ2v) is 6.33. The van der Waals surface area contributed by atoms with Crippen molar-refractivity contribution in [3.63, 3.8) is 0 Å². The Morgan fingerprint density at radius 1 is 1.15 bits per heavy atom. The van der Waals surface area contributed by atoms with Crippen LogP contribution in [0.15, 0.2) is 23.0 Å². The molecule has 0 saturated carbocycles. The van der Waals surface area contributed by atoms with E-state index >= 15 is 0 Å². The molecule has 26 heavy (non-hydrogen) atoms. The fourth-order valence-electron chi connectivity index (χ4n) is 3.22. The normalized spacial score (nSPS) is 13.0. The zero-order chi connectivity index (χ0) is 18.7. The van der Waals surface area contributed by atoms with Crippen molar-refractivity contribution in [1.82, 2.24) is 9.55 Å². The summed E-state index contributed by atoms with van der Waals surface area (Å²) in [6, 6.07) is 5.11. The highest BCUT2D eigenvalue weighted by Gasteiger charge is 2.19. The minimum atomic E-state index is -0.303. The Labute approximate surface area is 152 Å². The van der Waals surface area contributed by atoms with Crippen LogP contribution in [-0.2, 0) is 24.2 Å². The predicted octanol–water partition coefficient (Wildman–Crippen LogP) is 2.09. The molecule has 0 aliphatic heterocycles. The van der Waals surface area contributed by atoms with Gasteiger partial charge in [0.15, 0.2) is 0 Å². The summed E-state index contributed by atoms with van der Waals surface area (Å²) in [5.41, 5.74) is 2.07. The number of rotatable bonds is 5. The van der Waals surface area contributed by atoms with E-state index in [1.807, 2.05) is 0 Å². The first-order valence-corrected chi connectivity index (χ1v) is 8.64. The van der Waals surface area contributed by atoms with Crippen molar-refractivity contribution in [1.29, 1.82) is 0 Å². The molecule has 3 rings (SSSR count). The Balaban J connectivity index is 1.82. The number of aromatic nitrogens is 2. The average Bonchev–Trinajstić information content (AvgIpc) is 2.64. The van der Waals surface area contributed by atoms with Crippen LogP contribution in [0.1, 0.15) is 29.9 Å². The summed E-state index contributed by atoms with van der Waals surface area (Å²) < 4.78 is 11.8. The van der Waals surface area contributed by atoms with E-state index in [4.69, 9.17) is 9.47 Å². The van der Waals surface area contributed by atoms with Gasteiger partial charge in [-0.15, -0.1) is 0 Å². The molecule has 0 saturated heterocycles. The Morgan fingerprint density at radius 2 is 1.81 bits per heavy atom. The van der Waals surface area contributed by atoms with Crippen molar-refractivity contribution >= 4 is 11.6 Å². The van der Waals surface area contributed by atoms with Crippen LogP contribution in [0.2, 0.25) is 0 Å². The Bertz CT molecular complexity index is 867. The van der Waals surface area contributed by atoms with Gasteiger partial charge < -0.3 is 14.8 Å². The molecule has 7 heteroatoms. The Kier molecular flexibility index (Phi) is 5.25. The molecule has 1 heterocycles. The second kappa shape index (κ2) is 7.59. The van der Waals surface area contributed by atoms with E-state index < -0.39 is 0 Å². The quantitative estimate of drug-likeness (QED) is 0.886. The topological polar surface area (TPSA) is 82.5 Å². The van der Waals surface area contributed by atoms with Gasteiger partial charge in [0, 0.05) is 29.4 Å². The maximum atomic E-state index is 12.7. The molecule has 1 aromatic carbocycles. The number of benzene rings is 1. The van der Waals surface area contributed by atoms with Crippen LogP contribution < -0.4 is 20.3 Å². The van der Waals surface area contributed by atoms with E-state index in [9.17, 15) is 9.59 Å². The smallest absolute Gasteiger partial charge is 0.257 e. The SMILES string of the molecule is COc1cc(NC(=O)Cn2c(C)nc3c(c2=O)CCCC3)cc(OC)c1. The standard InChI is InChI=1S/C19H23N3O4/c1-12-20-17-7-5-4-6-16(17)19(24)22(12)11-18(23)21-13-8-14(25-2)10-15(9-13)26-3/h8-10H,4-7,11H2,1-3H3,(H,21,23). The van der Waals surface area contributed by atoms with Crippen LogP contribution in [0.3, 0.4) is 0 Å². The summed E-state index contributed by atoms with van der Waals surface area (Å²) in [4.78, 5) is 29.7. The lowest BCUT2D eigenvalue weighted by atomic mass is 9.97. The zero-order valence-electron chi connectivity index (χ0n) is 15.3. The first-order chi connectivity index (χ1) is 12.5. The lowest BCUT2D eigenvalue weighted by Gasteiger charge is -2.18. The molecule has 1 aromatic heterocycles. The number of aryl methyl sites for hydroxylation is 2. The van der Waals surface area contributed by atoms with Gasteiger partial charge in [-0.3, -0.25) is 14.2 Å². The highest BCUT2D eigenvalue weighted by molar-refractivity contribution is 5.91. The Morgan fingerprint density at radius 3 is 2.46 bits per heavy atom. The number of fused-ring (bicyclic) bond motifs is 1.